The zero-order valence-electron chi connectivity index (χ0n) is 19.2. The molecule has 172 valence electrons. The minimum atomic E-state index is -0.883. The molecule has 0 radical (unpaired) electrons. The third kappa shape index (κ3) is 4.87. The van der Waals surface area contributed by atoms with Crippen LogP contribution in [-0.4, -0.2) is 30.0 Å². The van der Waals surface area contributed by atoms with Gasteiger partial charge in [-0.1, -0.05) is 65.3 Å². The van der Waals surface area contributed by atoms with Crippen LogP contribution in [0.25, 0.3) is 22.2 Å². The van der Waals surface area contributed by atoms with Crippen molar-refractivity contribution in [2.45, 2.75) is 26.4 Å². The smallest absolute Gasteiger partial charge is 0.339 e. The molecule has 6 heteroatoms. The number of pyridine rings is 1. The minimum absolute atomic E-state index is 0.222. The van der Waals surface area contributed by atoms with Crippen LogP contribution in [0.3, 0.4) is 0 Å². The number of ether oxygens (including phenoxy) is 2. The van der Waals surface area contributed by atoms with E-state index in [0.717, 1.165) is 15.6 Å². The van der Waals surface area contributed by atoms with Crippen LogP contribution in [0.15, 0.2) is 77.3 Å². The molecule has 4 aromatic rings. The molecule has 0 aliphatic carbocycles. The van der Waals surface area contributed by atoms with Crippen LogP contribution in [0, 0.1) is 6.92 Å². The lowest BCUT2D eigenvalue weighted by atomic mass is 10.0. The molecule has 0 unspecified atom stereocenters. The standard InChI is InChI=1S/C28H24BrNO4/c1-4-25(27(31)18-9-6-5-7-10-18)34-28(32)23-16-24(19-11-8-12-21(14-19)33-3)30-26-17(2)13-20(29)15-22(23)26/h5-16,25H,4H2,1-3H3/t25-/m0/s1. The Morgan fingerprint density at radius 1 is 1.00 bits per heavy atom. The van der Waals surface area contributed by atoms with E-state index in [9.17, 15) is 9.59 Å². The number of carbonyl (C=O) groups is 2. The van der Waals surface area contributed by atoms with Gasteiger partial charge in [0.2, 0.25) is 5.78 Å². The second kappa shape index (κ2) is 10.2. The fourth-order valence-corrected chi connectivity index (χ4v) is 4.43. The zero-order valence-corrected chi connectivity index (χ0v) is 20.8. The maximum atomic E-state index is 13.5. The Morgan fingerprint density at radius 3 is 2.47 bits per heavy atom. The summed E-state index contributed by atoms with van der Waals surface area (Å²) in [7, 11) is 1.60. The number of carbonyl (C=O) groups excluding carboxylic acids is 2. The number of methoxy groups -OCH3 is 1. The van der Waals surface area contributed by atoms with E-state index in [1.54, 1.807) is 37.4 Å². The van der Waals surface area contributed by atoms with Gasteiger partial charge in [0.05, 0.1) is 23.9 Å². The Labute approximate surface area is 206 Å². The summed E-state index contributed by atoms with van der Waals surface area (Å²) in [4.78, 5) is 31.2. The molecule has 4 rings (SSSR count). The number of hydrogen-bond acceptors (Lipinski definition) is 5. The SMILES string of the molecule is CC[C@H](OC(=O)c1cc(-c2cccc(OC)c2)nc2c(C)cc(Br)cc12)C(=O)c1ccccc1. The van der Waals surface area contributed by atoms with Gasteiger partial charge in [0.25, 0.3) is 0 Å². The third-order valence-corrected chi connectivity index (χ3v) is 6.08. The Bertz CT molecular complexity index is 1370. The molecule has 0 bridgehead atoms. The van der Waals surface area contributed by atoms with Gasteiger partial charge in [-0.25, -0.2) is 9.78 Å². The van der Waals surface area contributed by atoms with Gasteiger partial charge in [0, 0.05) is 21.0 Å². The zero-order chi connectivity index (χ0) is 24.2. The molecule has 0 fully saturated rings. The van der Waals surface area contributed by atoms with Gasteiger partial charge in [-0.05, 0) is 49.2 Å². The van der Waals surface area contributed by atoms with Crippen molar-refractivity contribution >= 4 is 38.6 Å². The van der Waals surface area contributed by atoms with E-state index in [2.05, 4.69) is 15.9 Å². The molecule has 0 saturated carbocycles. The largest absolute Gasteiger partial charge is 0.497 e. The lowest BCUT2D eigenvalue weighted by Gasteiger charge is -2.17. The summed E-state index contributed by atoms with van der Waals surface area (Å²) in [5, 5.41) is 0.658. The van der Waals surface area contributed by atoms with Gasteiger partial charge >= 0.3 is 5.97 Å². The van der Waals surface area contributed by atoms with Crippen molar-refractivity contribution in [3.8, 4) is 17.0 Å². The van der Waals surface area contributed by atoms with Crippen molar-refractivity contribution in [2.75, 3.05) is 7.11 Å². The third-order valence-electron chi connectivity index (χ3n) is 5.62. The molecule has 5 nitrogen and oxygen atoms in total. The van der Waals surface area contributed by atoms with E-state index in [4.69, 9.17) is 14.5 Å². The number of aromatic nitrogens is 1. The van der Waals surface area contributed by atoms with Crippen LogP contribution in [0.2, 0.25) is 0 Å². The number of fused-ring (bicyclic) bond motifs is 1. The molecular weight excluding hydrogens is 494 g/mol. The van der Waals surface area contributed by atoms with Crippen LogP contribution in [0.4, 0.5) is 0 Å². The maximum Gasteiger partial charge on any atom is 0.339 e. The van der Waals surface area contributed by atoms with E-state index >= 15 is 0 Å². The summed E-state index contributed by atoms with van der Waals surface area (Å²) in [5.74, 6) is -0.0964. The first-order valence-corrected chi connectivity index (χ1v) is 11.8. The van der Waals surface area contributed by atoms with Gasteiger partial charge < -0.3 is 9.47 Å². The van der Waals surface area contributed by atoms with Gasteiger partial charge in [0.1, 0.15) is 5.75 Å². The highest BCUT2D eigenvalue weighted by Gasteiger charge is 2.25. The van der Waals surface area contributed by atoms with Crippen LogP contribution < -0.4 is 4.74 Å². The molecule has 0 spiro atoms. The van der Waals surface area contributed by atoms with E-state index in [0.29, 0.717) is 39.9 Å². The average Bonchev–Trinajstić information content (AvgIpc) is 2.86. The predicted octanol–water partition coefficient (Wildman–Crippen LogP) is 6.80. The van der Waals surface area contributed by atoms with Gasteiger partial charge in [-0.15, -0.1) is 0 Å². The molecule has 0 amide bonds. The lowest BCUT2D eigenvalue weighted by Crippen LogP contribution is -2.27. The molecule has 3 aromatic carbocycles. The molecule has 0 saturated heterocycles. The first-order valence-electron chi connectivity index (χ1n) is 11.0. The van der Waals surface area contributed by atoms with Gasteiger partial charge in [-0.3, -0.25) is 4.79 Å². The highest BCUT2D eigenvalue weighted by atomic mass is 79.9. The maximum absolute atomic E-state index is 13.5. The number of Topliss-reactive ketones (excluding diaryl/α,β-unsaturated/α-hetero) is 1. The first-order chi connectivity index (χ1) is 16.4. The number of nitrogens with zero attached hydrogens (tertiary/aromatic N) is 1. The minimum Gasteiger partial charge on any atom is -0.497 e. The second-order valence-electron chi connectivity index (χ2n) is 7.94. The number of aryl methyl sites for hydroxylation is 1. The fourth-order valence-electron chi connectivity index (χ4n) is 3.86. The van der Waals surface area contributed by atoms with Crippen LogP contribution in [-0.2, 0) is 4.74 Å². The van der Waals surface area contributed by atoms with Crippen molar-refractivity contribution < 1.29 is 19.1 Å². The average molecular weight is 518 g/mol. The van der Waals surface area contributed by atoms with Gasteiger partial charge in [-0.2, -0.15) is 0 Å². The van der Waals surface area contributed by atoms with Crippen LogP contribution >= 0.6 is 15.9 Å². The van der Waals surface area contributed by atoms with Crippen molar-refractivity contribution in [2.24, 2.45) is 0 Å². The summed E-state index contributed by atoms with van der Waals surface area (Å²) in [5.41, 5.74) is 3.90. The number of hydrogen-bond donors (Lipinski definition) is 0. The molecule has 1 atom stereocenters. The summed E-state index contributed by atoms with van der Waals surface area (Å²) in [6, 6.07) is 21.9. The number of ketones is 1. The molecular formula is C28H24BrNO4. The van der Waals surface area contributed by atoms with Crippen molar-refractivity contribution in [1.29, 1.82) is 0 Å². The van der Waals surface area contributed by atoms with Crippen LogP contribution in [0.5, 0.6) is 5.75 Å². The quantitative estimate of drug-likeness (QED) is 0.199. The molecule has 1 heterocycles. The summed E-state index contributed by atoms with van der Waals surface area (Å²) < 4.78 is 12.0. The summed E-state index contributed by atoms with van der Waals surface area (Å²) in [6.07, 6.45) is -0.514. The Hall–Kier alpha value is -3.51. The molecule has 1 aromatic heterocycles. The van der Waals surface area contributed by atoms with Gasteiger partial charge in [0.15, 0.2) is 6.10 Å². The molecule has 34 heavy (non-hydrogen) atoms. The second-order valence-corrected chi connectivity index (χ2v) is 8.85. The lowest BCUT2D eigenvalue weighted by molar-refractivity contribution is 0.0279. The fraction of sp³-hybridized carbons (Fsp3) is 0.179. The Morgan fingerprint density at radius 2 is 1.76 bits per heavy atom. The first kappa shape index (κ1) is 23.6. The number of esters is 1. The number of rotatable bonds is 7. The normalized spacial score (nSPS) is 11.8. The number of halogens is 1. The highest BCUT2D eigenvalue weighted by molar-refractivity contribution is 9.10. The Kier molecular flexibility index (Phi) is 7.08. The van der Waals surface area contributed by atoms with Crippen LogP contribution in [0.1, 0.15) is 39.6 Å². The Balaban J connectivity index is 1.79. The molecule has 0 aliphatic heterocycles. The van der Waals surface area contributed by atoms with E-state index < -0.39 is 12.1 Å². The summed E-state index contributed by atoms with van der Waals surface area (Å²) in [6.45, 7) is 3.77. The predicted molar refractivity (Wildman–Crippen MR) is 136 cm³/mol. The van der Waals surface area contributed by atoms with E-state index in [-0.39, 0.29) is 5.78 Å². The monoisotopic (exact) mass is 517 g/mol. The highest BCUT2D eigenvalue weighted by Crippen LogP contribution is 2.31. The van der Waals surface area contributed by atoms with Crippen molar-refractivity contribution in [3.05, 3.63) is 94.0 Å². The molecule has 0 N–H and O–H groups in total. The van der Waals surface area contributed by atoms with Crippen molar-refractivity contribution in [3.63, 3.8) is 0 Å². The topological polar surface area (TPSA) is 65.5 Å². The van der Waals surface area contributed by atoms with Crippen molar-refractivity contribution in [1.82, 2.24) is 4.98 Å². The summed E-state index contributed by atoms with van der Waals surface area (Å²) >= 11 is 3.52. The van der Waals surface area contributed by atoms with E-state index in [1.165, 1.54) is 0 Å². The van der Waals surface area contributed by atoms with E-state index in [1.807, 2.05) is 56.3 Å². The number of benzene rings is 3. The molecule has 0 aliphatic rings.